The molecule has 0 aliphatic rings. The normalized spacial score (nSPS) is 10.5. The number of aromatic nitrogens is 2. The van der Waals surface area contributed by atoms with Gasteiger partial charge in [0.25, 0.3) is 0 Å². The third-order valence-corrected chi connectivity index (χ3v) is 4.03. The molecular weight excluding hydrogens is 370 g/mol. The molecule has 0 radical (unpaired) electrons. The van der Waals surface area contributed by atoms with Gasteiger partial charge >= 0.3 is 5.97 Å². The topological polar surface area (TPSA) is 86.5 Å². The maximum atomic E-state index is 11.1. The Bertz CT molecular complexity index is 925. The van der Waals surface area contributed by atoms with Crippen molar-refractivity contribution < 1.29 is 18.8 Å². The summed E-state index contributed by atoms with van der Waals surface area (Å²) in [6.45, 7) is 2.18. The van der Waals surface area contributed by atoms with Crippen molar-refractivity contribution in [3.05, 3.63) is 58.9 Å². The number of hydrogen-bond acceptors (Lipinski definition) is 7. The third kappa shape index (κ3) is 4.98. The van der Waals surface area contributed by atoms with E-state index in [4.69, 9.17) is 20.9 Å². The molecule has 0 fully saturated rings. The predicted octanol–water partition coefficient (Wildman–Crippen LogP) is 3.86. The van der Waals surface area contributed by atoms with E-state index in [-0.39, 0.29) is 6.61 Å². The van der Waals surface area contributed by atoms with Crippen molar-refractivity contribution in [3.63, 3.8) is 0 Å². The van der Waals surface area contributed by atoms with Crippen molar-refractivity contribution in [1.29, 1.82) is 0 Å². The van der Waals surface area contributed by atoms with Gasteiger partial charge in [-0.1, -0.05) is 16.8 Å². The first kappa shape index (κ1) is 18.7. The Morgan fingerprint density at radius 1 is 1.22 bits per heavy atom. The number of aryl methyl sites for hydroxylation is 1. The SMILES string of the molecule is COC(=O)COc1ccc(NCc2nc(-c3ccc(Cl)cc3)no2)c(C)c1. The van der Waals surface area contributed by atoms with E-state index < -0.39 is 5.97 Å². The van der Waals surface area contributed by atoms with E-state index in [2.05, 4.69) is 20.2 Å². The quantitative estimate of drug-likeness (QED) is 0.616. The summed E-state index contributed by atoms with van der Waals surface area (Å²) in [4.78, 5) is 15.5. The zero-order valence-corrected chi connectivity index (χ0v) is 15.6. The molecule has 1 heterocycles. The van der Waals surface area contributed by atoms with E-state index in [9.17, 15) is 4.79 Å². The Balaban J connectivity index is 1.60. The van der Waals surface area contributed by atoms with Gasteiger partial charge in [0.1, 0.15) is 5.75 Å². The Labute approximate surface area is 161 Å². The van der Waals surface area contributed by atoms with Crippen molar-refractivity contribution in [2.75, 3.05) is 19.0 Å². The average molecular weight is 388 g/mol. The summed E-state index contributed by atoms with van der Waals surface area (Å²) in [7, 11) is 1.32. The molecule has 1 N–H and O–H groups in total. The van der Waals surface area contributed by atoms with E-state index in [0.29, 0.717) is 29.0 Å². The number of carbonyl (C=O) groups excluding carboxylic acids is 1. The molecule has 0 aliphatic heterocycles. The van der Waals surface area contributed by atoms with Gasteiger partial charge in [0, 0.05) is 16.3 Å². The van der Waals surface area contributed by atoms with Crippen molar-refractivity contribution in [3.8, 4) is 17.1 Å². The summed E-state index contributed by atoms with van der Waals surface area (Å²) in [5, 5.41) is 7.87. The number of methoxy groups -OCH3 is 1. The first-order chi connectivity index (χ1) is 13.0. The van der Waals surface area contributed by atoms with E-state index in [0.717, 1.165) is 16.8 Å². The highest BCUT2D eigenvalue weighted by molar-refractivity contribution is 6.30. The molecule has 27 heavy (non-hydrogen) atoms. The number of ether oxygens (including phenoxy) is 2. The monoisotopic (exact) mass is 387 g/mol. The highest BCUT2D eigenvalue weighted by atomic mass is 35.5. The minimum atomic E-state index is -0.428. The van der Waals surface area contributed by atoms with Crippen LogP contribution in [0, 0.1) is 6.92 Å². The first-order valence-electron chi connectivity index (χ1n) is 8.18. The molecule has 0 atom stereocenters. The lowest BCUT2D eigenvalue weighted by atomic mass is 10.2. The highest BCUT2D eigenvalue weighted by Gasteiger charge is 2.10. The fraction of sp³-hybridized carbons (Fsp3) is 0.211. The predicted molar refractivity (Wildman–Crippen MR) is 101 cm³/mol. The highest BCUT2D eigenvalue weighted by Crippen LogP contribution is 2.23. The number of anilines is 1. The van der Waals surface area contributed by atoms with Crippen LogP contribution in [0.4, 0.5) is 5.69 Å². The van der Waals surface area contributed by atoms with Gasteiger partial charge < -0.3 is 19.3 Å². The second-order valence-corrected chi connectivity index (χ2v) is 6.15. The molecule has 0 aliphatic carbocycles. The Kier molecular flexibility index (Phi) is 5.93. The number of halogens is 1. The van der Waals surface area contributed by atoms with E-state index >= 15 is 0 Å². The number of nitrogens with zero attached hydrogens (tertiary/aromatic N) is 2. The van der Waals surface area contributed by atoms with Gasteiger partial charge in [0.15, 0.2) is 6.61 Å². The van der Waals surface area contributed by atoms with Crippen molar-refractivity contribution >= 4 is 23.3 Å². The maximum absolute atomic E-state index is 11.1. The van der Waals surface area contributed by atoms with E-state index in [1.165, 1.54) is 7.11 Å². The van der Waals surface area contributed by atoms with Crippen LogP contribution in [0.1, 0.15) is 11.5 Å². The van der Waals surface area contributed by atoms with Gasteiger partial charge in [-0.3, -0.25) is 0 Å². The van der Waals surface area contributed by atoms with Crippen LogP contribution in [0.5, 0.6) is 5.75 Å². The molecule has 3 aromatic rings. The molecule has 2 aromatic carbocycles. The lowest BCUT2D eigenvalue weighted by molar-refractivity contribution is -0.142. The van der Waals surface area contributed by atoms with Crippen LogP contribution in [-0.4, -0.2) is 29.8 Å². The second-order valence-electron chi connectivity index (χ2n) is 5.71. The number of carbonyl (C=O) groups is 1. The smallest absolute Gasteiger partial charge is 0.343 e. The summed E-state index contributed by atoms with van der Waals surface area (Å²) in [6, 6.07) is 12.7. The van der Waals surface area contributed by atoms with Crippen LogP contribution < -0.4 is 10.1 Å². The first-order valence-corrected chi connectivity index (χ1v) is 8.55. The Morgan fingerprint density at radius 3 is 2.70 bits per heavy atom. The lowest BCUT2D eigenvalue weighted by Crippen LogP contribution is -2.12. The van der Waals surface area contributed by atoms with Crippen LogP contribution in [0.2, 0.25) is 5.02 Å². The molecule has 0 bridgehead atoms. The average Bonchev–Trinajstić information content (AvgIpc) is 3.15. The fourth-order valence-corrected chi connectivity index (χ4v) is 2.47. The Morgan fingerprint density at radius 2 is 2.00 bits per heavy atom. The van der Waals surface area contributed by atoms with Crippen LogP contribution in [0.3, 0.4) is 0 Å². The van der Waals surface area contributed by atoms with Gasteiger partial charge in [0.05, 0.1) is 13.7 Å². The van der Waals surface area contributed by atoms with E-state index in [1.807, 2.05) is 31.2 Å². The van der Waals surface area contributed by atoms with Crippen molar-refractivity contribution in [2.45, 2.75) is 13.5 Å². The van der Waals surface area contributed by atoms with E-state index in [1.54, 1.807) is 18.2 Å². The molecular formula is C19H18ClN3O4. The van der Waals surface area contributed by atoms with Gasteiger partial charge in [-0.15, -0.1) is 0 Å². The summed E-state index contributed by atoms with van der Waals surface area (Å²) < 4.78 is 15.2. The molecule has 0 saturated heterocycles. The van der Waals surface area contributed by atoms with Crippen LogP contribution in [0.15, 0.2) is 47.0 Å². The zero-order valence-electron chi connectivity index (χ0n) is 14.9. The molecule has 0 unspecified atom stereocenters. The minimum Gasteiger partial charge on any atom is -0.482 e. The molecule has 0 spiro atoms. The Hall–Kier alpha value is -3.06. The molecule has 1 aromatic heterocycles. The molecule has 8 heteroatoms. The van der Waals surface area contributed by atoms with Crippen LogP contribution >= 0.6 is 11.6 Å². The molecule has 0 amide bonds. The zero-order chi connectivity index (χ0) is 19.2. The minimum absolute atomic E-state index is 0.127. The van der Waals surface area contributed by atoms with Crippen molar-refractivity contribution in [1.82, 2.24) is 10.1 Å². The number of hydrogen-bond donors (Lipinski definition) is 1. The van der Waals surface area contributed by atoms with Gasteiger partial charge in [-0.2, -0.15) is 4.98 Å². The molecule has 0 saturated carbocycles. The summed E-state index contributed by atoms with van der Waals surface area (Å²) in [5.41, 5.74) is 2.68. The second kappa shape index (κ2) is 8.55. The number of nitrogens with one attached hydrogen (secondary N) is 1. The van der Waals surface area contributed by atoms with Gasteiger partial charge in [0.2, 0.25) is 11.7 Å². The number of esters is 1. The van der Waals surface area contributed by atoms with Crippen molar-refractivity contribution in [2.24, 2.45) is 0 Å². The summed E-state index contributed by atoms with van der Waals surface area (Å²) in [6.07, 6.45) is 0. The largest absolute Gasteiger partial charge is 0.482 e. The number of benzene rings is 2. The van der Waals surface area contributed by atoms with Crippen LogP contribution in [0.25, 0.3) is 11.4 Å². The lowest BCUT2D eigenvalue weighted by Gasteiger charge is -2.10. The molecule has 140 valence electrons. The summed E-state index contributed by atoms with van der Waals surface area (Å²) in [5.74, 6) is 1.13. The fourth-order valence-electron chi connectivity index (χ4n) is 2.34. The standard InChI is InChI=1S/C19H18ClN3O4/c1-12-9-15(26-11-18(24)25-2)7-8-16(12)21-10-17-22-19(23-27-17)13-3-5-14(20)6-4-13/h3-9,21H,10-11H2,1-2H3. The van der Waals surface area contributed by atoms with Gasteiger partial charge in [-0.05, 0) is 55.0 Å². The molecule has 7 nitrogen and oxygen atoms in total. The maximum Gasteiger partial charge on any atom is 0.343 e. The van der Waals surface area contributed by atoms with Crippen LogP contribution in [-0.2, 0) is 16.1 Å². The summed E-state index contributed by atoms with van der Waals surface area (Å²) >= 11 is 5.88. The number of rotatable bonds is 7. The molecule has 3 rings (SSSR count). The third-order valence-electron chi connectivity index (χ3n) is 3.78. The van der Waals surface area contributed by atoms with Gasteiger partial charge in [-0.25, -0.2) is 4.79 Å².